The summed E-state index contributed by atoms with van der Waals surface area (Å²) < 4.78 is 26.1. The third-order valence-corrected chi connectivity index (χ3v) is 6.28. The molecular weight excluding hydrogens is 234 g/mol. The maximum atomic E-state index is 12.2. The van der Waals surface area contributed by atoms with Gasteiger partial charge in [-0.2, -0.15) is 4.31 Å². The van der Waals surface area contributed by atoms with Crippen LogP contribution in [-0.4, -0.2) is 35.9 Å². The molecule has 0 amide bonds. The molecule has 0 saturated carbocycles. The molecule has 0 aromatic rings. The Morgan fingerprint density at radius 2 is 2.07 bits per heavy atom. The topological polar surface area (TPSA) is 37.4 Å². The lowest BCUT2D eigenvalue weighted by Crippen LogP contribution is -2.44. The third-order valence-electron chi connectivity index (χ3n) is 3.20. The molecule has 3 nitrogen and oxygen atoms in total. The van der Waals surface area contributed by atoms with E-state index in [4.69, 9.17) is 11.6 Å². The van der Waals surface area contributed by atoms with E-state index in [2.05, 4.69) is 0 Å². The Balaban J connectivity index is 2.94. The van der Waals surface area contributed by atoms with Crippen LogP contribution in [0.25, 0.3) is 0 Å². The maximum Gasteiger partial charge on any atom is 0.218 e. The van der Waals surface area contributed by atoms with Crippen molar-refractivity contribution in [2.45, 2.75) is 57.4 Å². The van der Waals surface area contributed by atoms with Crippen molar-refractivity contribution in [3.8, 4) is 0 Å². The molecule has 1 fully saturated rings. The molecular formula is C10H20ClNO2S. The summed E-state index contributed by atoms with van der Waals surface area (Å²) in [6.45, 7) is 5.70. The minimum Gasteiger partial charge on any atom is -0.212 e. The fourth-order valence-corrected chi connectivity index (χ4v) is 4.51. The highest BCUT2D eigenvalue weighted by atomic mass is 35.5. The van der Waals surface area contributed by atoms with Crippen LogP contribution in [0.1, 0.15) is 40.0 Å². The van der Waals surface area contributed by atoms with E-state index in [1.54, 1.807) is 11.2 Å². The molecule has 90 valence electrons. The first-order valence-electron chi connectivity index (χ1n) is 5.53. The van der Waals surface area contributed by atoms with Gasteiger partial charge in [-0.3, -0.25) is 0 Å². The van der Waals surface area contributed by atoms with E-state index < -0.39 is 15.3 Å². The van der Waals surface area contributed by atoms with Gasteiger partial charge >= 0.3 is 0 Å². The van der Waals surface area contributed by atoms with Gasteiger partial charge in [-0.05, 0) is 33.1 Å². The van der Waals surface area contributed by atoms with Crippen molar-refractivity contribution in [3.05, 3.63) is 0 Å². The highest BCUT2D eigenvalue weighted by molar-refractivity contribution is 7.89. The van der Waals surface area contributed by atoms with Gasteiger partial charge in [-0.15, -0.1) is 11.6 Å². The fraction of sp³-hybridized carbons (Fsp3) is 1.00. The molecule has 3 unspecified atom stereocenters. The Morgan fingerprint density at radius 3 is 2.53 bits per heavy atom. The number of nitrogens with zero attached hydrogens (tertiary/aromatic N) is 1. The summed E-state index contributed by atoms with van der Waals surface area (Å²) in [4.78, 5) is 0. The zero-order valence-electron chi connectivity index (χ0n) is 9.61. The van der Waals surface area contributed by atoms with Crippen LogP contribution in [-0.2, 0) is 10.0 Å². The minimum absolute atomic E-state index is 0.130. The fourth-order valence-electron chi connectivity index (χ4n) is 2.18. The van der Waals surface area contributed by atoms with Crippen molar-refractivity contribution in [2.75, 3.05) is 5.88 Å². The lowest BCUT2D eigenvalue weighted by molar-refractivity contribution is 0.326. The number of sulfonamides is 1. The molecule has 1 aliphatic rings. The molecule has 0 aromatic heterocycles. The van der Waals surface area contributed by atoms with Crippen LogP contribution in [0.2, 0.25) is 0 Å². The molecule has 1 saturated heterocycles. The highest BCUT2D eigenvalue weighted by Crippen LogP contribution is 2.30. The van der Waals surface area contributed by atoms with Crippen LogP contribution in [0.4, 0.5) is 0 Å². The van der Waals surface area contributed by atoms with E-state index in [1.807, 2.05) is 13.8 Å². The van der Waals surface area contributed by atoms with E-state index >= 15 is 0 Å². The Kier molecular flexibility index (Phi) is 4.44. The molecule has 1 heterocycles. The number of alkyl halides is 1. The van der Waals surface area contributed by atoms with Gasteiger partial charge in [0.05, 0.1) is 5.25 Å². The number of hydrogen-bond acceptors (Lipinski definition) is 2. The van der Waals surface area contributed by atoms with Gasteiger partial charge < -0.3 is 0 Å². The van der Waals surface area contributed by atoms with Gasteiger partial charge in [0, 0.05) is 18.0 Å². The number of halogens is 1. The molecule has 5 heteroatoms. The van der Waals surface area contributed by atoms with Gasteiger partial charge in [0.1, 0.15) is 0 Å². The van der Waals surface area contributed by atoms with E-state index in [1.165, 1.54) is 0 Å². The lowest BCUT2D eigenvalue weighted by atomic mass is 10.2. The summed E-state index contributed by atoms with van der Waals surface area (Å²) in [5.41, 5.74) is 0. The highest BCUT2D eigenvalue weighted by Gasteiger charge is 2.40. The largest absolute Gasteiger partial charge is 0.218 e. The second-order valence-electron chi connectivity index (χ2n) is 4.33. The first kappa shape index (κ1) is 13.3. The van der Waals surface area contributed by atoms with Crippen LogP contribution in [0.5, 0.6) is 0 Å². The summed E-state index contributed by atoms with van der Waals surface area (Å²) in [5.74, 6) is 0.169. The SMILES string of the molecule is CCC1CCC(C)N1S(=O)(=O)C(C)CCl. The average molecular weight is 254 g/mol. The van der Waals surface area contributed by atoms with Crippen LogP contribution in [0.15, 0.2) is 0 Å². The molecule has 0 aliphatic carbocycles. The number of rotatable bonds is 4. The van der Waals surface area contributed by atoms with Gasteiger partial charge in [0.15, 0.2) is 0 Å². The Hall–Kier alpha value is 0.200. The predicted octanol–water partition coefficient (Wildman–Crippen LogP) is 2.21. The Labute approximate surface area is 97.8 Å². The monoisotopic (exact) mass is 253 g/mol. The number of hydrogen-bond donors (Lipinski definition) is 0. The molecule has 0 bridgehead atoms. The van der Waals surface area contributed by atoms with Crippen molar-refractivity contribution in [1.82, 2.24) is 4.31 Å². The Morgan fingerprint density at radius 1 is 1.47 bits per heavy atom. The first-order valence-corrected chi connectivity index (χ1v) is 7.57. The molecule has 0 N–H and O–H groups in total. The summed E-state index contributed by atoms with van der Waals surface area (Å²) in [7, 11) is -3.20. The van der Waals surface area contributed by atoms with Gasteiger partial charge in [0.2, 0.25) is 10.0 Å². The predicted molar refractivity (Wildman–Crippen MR) is 63.7 cm³/mol. The van der Waals surface area contributed by atoms with E-state index in [0.29, 0.717) is 0 Å². The molecule has 1 rings (SSSR count). The summed E-state index contributed by atoms with van der Waals surface area (Å²) in [5, 5.41) is -0.478. The molecule has 3 atom stereocenters. The van der Waals surface area contributed by atoms with Crippen LogP contribution >= 0.6 is 11.6 Å². The zero-order chi connectivity index (χ0) is 11.6. The minimum atomic E-state index is -3.20. The van der Waals surface area contributed by atoms with Crippen molar-refractivity contribution >= 4 is 21.6 Å². The summed E-state index contributed by atoms with van der Waals surface area (Å²) in [6, 6.07) is 0.307. The molecule has 0 aromatic carbocycles. The maximum absolute atomic E-state index is 12.2. The average Bonchev–Trinajstić information content (AvgIpc) is 2.58. The second kappa shape index (κ2) is 5.02. The summed E-state index contributed by atoms with van der Waals surface area (Å²) >= 11 is 5.65. The normalized spacial score (nSPS) is 30.7. The second-order valence-corrected chi connectivity index (χ2v) is 6.89. The van der Waals surface area contributed by atoms with Gasteiger partial charge in [-0.1, -0.05) is 6.92 Å². The quantitative estimate of drug-likeness (QED) is 0.721. The van der Waals surface area contributed by atoms with Crippen molar-refractivity contribution in [2.24, 2.45) is 0 Å². The summed E-state index contributed by atoms with van der Waals surface area (Å²) in [6.07, 6.45) is 2.83. The van der Waals surface area contributed by atoms with Crippen LogP contribution < -0.4 is 0 Å². The van der Waals surface area contributed by atoms with E-state index in [-0.39, 0.29) is 18.0 Å². The first-order chi connectivity index (χ1) is 6.95. The molecule has 15 heavy (non-hydrogen) atoms. The molecule has 0 spiro atoms. The smallest absolute Gasteiger partial charge is 0.212 e. The Bertz CT molecular complexity index is 305. The van der Waals surface area contributed by atoms with Crippen molar-refractivity contribution in [1.29, 1.82) is 0 Å². The standard InChI is InChI=1S/C10H20ClNO2S/c1-4-10-6-5-8(2)12(10)15(13,14)9(3)7-11/h8-10H,4-7H2,1-3H3. The molecule has 0 radical (unpaired) electrons. The van der Waals surface area contributed by atoms with Gasteiger partial charge in [0.25, 0.3) is 0 Å². The third kappa shape index (κ3) is 2.48. The van der Waals surface area contributed by atoms with E-state index in [9.17, 15) is 8.42 Å². The van der Waals surface area contributed by atoms with Gasteiger partial charge in [-0.25, -0.2) is 8.42 Å². The van der Waals surface area contributed by atoms with Crippen LogP contribution in [0, 0.1) is 0 Å². The van der Waals surface area contributed by atoms with Crippen molar-refractivity contribution < 1.29 is 8.42 Å². The van der Waals surface area contributed by atoms with E-state index in [0.717, 1.165) is 19.3 Å². The zero-order valence-corrected chi connectivity index (χ0v) is 11.2. The lowest BCUT2D eigenvalue weighted by Gasteiger charge is -2.29. The molecule has 1 aliphatic heterocycles. The van der Waals surface area contributed by atoms with Crippen LogP contribution in [0.3, 0.4) is 0 Å². The van der Waals surface area contributed by atoms with Crippen molar-refractivity contribution in [3.63, 3.8) is 0 Å².